The van der Waals surface area contributed by atoms with Crippen LogP contribution in [0.3, 0.4) is 0 Å². The number of likely N-dealkylation sites (tertiary alicyclic amines) is 1. The highest BCUT2D eigenvalue weighted by Gasteiger charge is 2.25. The van der Waals surface area contributed by atoms with Gasteiger partial charge in [-0.05, 0) is 56.1 Å². The van der Waals surface area contributed by atoms with E-state index in [0.29, 0.717) is 6.54 Å². The number of hydrogen-bond donors (Lipinski definition) is 2. The van der Waals surface area contributed by atoms with Gasteiger partial charge in [0.25, 0.3) is 0 Å². The Morgan fingerprint density at radius 2 is 1.78 bits per heavy atom. The lowest BCUT2D eigenvalue weighted by atomic mass is 10.1. The largest absolute Gasteiger partial charge is 0.468 e. The molecule has 4 rings (SSSR count). The number of aliphatic imine (C=N–C) groups is 1. The van der Waals surface area contributed by atoms with Crippen LogP contribution in [0.15, 0.2) is 52.1 Å². The smallest absolute Gasteiger partial charge is 0.191 e. The maximum Gasteiger partial charge on any atom is 0.191 e. The lowest BCUT2D eigenvalue weighted by Crippen LogP contribution is -2.42. The second-order valence-electron chi connectivity index (χ2n) is 8.51. The number of furan rings is 1. The number of ether oxygens (including phenoxy) is 1. The van der Waals surface area contributed by atoms with Crippen molar-refractivity contribution >= 4 is 5.96 Å². The van der Waals surface area contributed by atoms with E-state index in [0.717, 1.165) is 70.7 Å². The maximum absolute atomic E-state index is 5.76. The summed E-state index contributed by atoms with van der Waals surface area (Å²) < 4.78 is 11.3. The summed E-state index contributed by atoms with van der Waals surface area (Å²) in [4.78, 5) is 9.88. The minimum absolute atomic E-state index is 0.227. The van der Waals surface area contributed by atoms with Crippen LogP contribution >= 0.6 is 0 Å². The zero-order valence-corrected chi connectivity index (χ0v) is 19.3. The van der Waals surface area contributed by atoms with Crippen LogP contribution in [-0.4, -0.2) is 68.2 Å². The van der Waals surface area contributed by atoms with Crippen molar-refractivity contribution in [1.82, 2.24) is 20.4 Å². The zero-order chi connectivity index (χ0) is 22.0. The number of guanidine groups is 1. The Kier molecular flexibility index (Phi) is 8.59. The van der Waals surface area contributed by atoms with E-state index >= 15 is 0 Å². The monoisotopic (exact) mass is 439 g/mol. The van der Waals surface area contributed by atoms with E-state index in [1.165, 1.54) is 24.0 Å². The molecule has 0 bridgehead atoms. The molecule has 0 saturated carbocycles. The minimum Gasteiger partial charge on any atom is -0.468 e. The fourth-order valence-corrected chi connectivity index (χ4v) is 4.51. The molecule has 2 N–H and O–H groups in total. The first-order chi connectivity index (χ1) is 15.8. The first-order valence-corrected chi connectivity index (χ1v) is 12.0. The van der Waals surface area contributed by atoms with Crippen LogP contribution in [0.2, 0.25) is 0 Å². The molecule has 0 amide bonds. The van der Waals surface area contributed by atoms with Gasteiger partial charge in [0.1, 0.15) is 5.76 Å². The van der Waals surface area contributed by atoms with Gasteiger partial charge in [0.15, 0.2) is 5.96 Å². The van der Waals surface area contributed by atoms with Crippen LogP contribution in [0.4, 0.5) is 0 Å². The van der Waals surface area contributed by atoms with Gasteiger partial charge in [0, 0.05) is 32.7 Å². The number of hydrogen-bond acceptors (Lipinski definition) is 5. The van der Waals surface area contributed by atoms with Crippen LogP contribution < -0.4 is 10.6 Å². The van der Waals surface area contributed by atoms with Crippen LogP contribution in [0.1, 0.15) is 42.7 Å². The summed E-state index contributed by atoms with van der Waals surface area (Å²) in [5.74, 6) is 1.87. The Hall–Kier alpha value is -2.35. The van der Waals surface area contributed by atoms with E-state index < -0.39 is 0 Å². The molecule has 0 radical (unpaired) electrons. The molecular weight excluding hydrogens is 402 g/mol. The average Bonchev–Trinajstić information content (AvgIpc) is 3.54. The summed E-state index contributed by atoms with van der Waals surface area (Å²) in [5, 5.41) is 6.98. The van der Waals surface area contributed by atoms with Crippen molar-refractivity contribution in [3.63, 3.8) is 0 Å². The molecule has 7 nitrogen and oxygen atoms in total. The summed E-state index contributed by atoms with van der Waals surface area (Å²) in [6.07, 6.45) is 4.28. The minimum atomic E-state index is 0.227. The van der Waals surface area contributed by atoms with E-state index in [4.69, 9.17) is 14.1 Å². The van der Waals surface area contributed by atoms with Gasteiger partial charge in [-0.2, -0.15) is 0 Å². The first kappa shape index (κ1) is 22.8. The van der Waals surface area contributed by atoms with Gasteiger partial charge in [-0.15, -0.1) is 0 Å². The normalized spacial score (nSPS) is 19.2. The molecule has 2 aliphatic heterocycles. The second-order valence-corrected chi connectivity index (χ2v) is 8.51. The number of morpholine rings is 1. The number of rotatable bonds is 9. The third-order valence-electron chi connectivity index (χ3n) is 6.28. The van der Waals surface area contributed by atoms with Crippen LogP contribution in [0, 0.1) is 0 Å². The molecule has 1 aromatic heterocycles. The van der Waals surface area contributed by atoms with Crippen molar-refractivity contribution in [3.8, 4) is 0 Å². The fourth-order valence-electron chi connectivity index (χ4n) is 4.51. The number of benzene rings is 1. The molecule has 2 saturated heterocycles. The van der Waals surface area contributed by atoms with Crippen molar-refractivity contribution < 1.29 is 9.15 Å². The molecule has 2 fully saturated rings. The SMILES string of the molecule is CCNC(=NCc1ccccc1CN1CCOCC1)NCC(c1ccco1)N1CCCC1. The Bertz CT molecular complexity index is 827. The third-order valence-corrected chi connectivity index (χ3v) is 6.28. The Labute approximate surface area is 191 Å². The molecule has 7 heteroatoms. The van der Waals surface area contributed by atoms with E-state index in [1.54, 1.807) is 6.26 Å². The van der Waals surface area contributed by atoms with Crippen molar-refractivity contribution in [2.45, 2.75) is 38.9 Å². The highest BCUT2D eigenvalue weighted by atomic mass is 16.5. The molecule has 174 valence electrons. The summed E-state index contributed by atoms with van der Waals surface area (Å²) in [5.41, 5.74) is 2.62. The Morgan fingerprint density at radius 1 is 1.00 bits per heavy atom. The first-order valence-electron chi connectivity index (χ1n) is 12.0. The van der Waals surface area contributed by atoms with E-state index in [-0.39, 0.29) is 6.04 Å². The maximum atomic E-state index is 5.76. The molecule has 2 aliphatic rings. The van der Waals surface area contributed by atoms with E-state index in [2.05, 4.69) is 57.7 Å². The van der Waals surface area contributed by atoms with Gasteiger partial charge in [0.05, 0.1) is 32.1 Å². The van der Waals surface area contributed by atoms with Gasteiger partial charge >= 0.3 is 0 Å². The van der Waals surface area contributed by atoms with Crippen molar-refractivity contribution in [2.75, 3.05) is 52.5 Å². The van der Waals surface area contributed by atoms with Crippen LogP contribution in [-0.2, 0) is 17.8 Å². The van der Waals surface area contributed by atoms with Gasteiger partial charge in [-0.1, -0.05) is 24.3 Å². The summed E-state index contributed by atoms with van der Waals surface area (Å²) >= 11 is 0. The van der Waals surface area contributed by atoms with E-state index in [9.17, 15) is 0 Å². The highest BCUT2D eigenvalue weighted by molar-refractivity contribution is 5.79. The standard InChI is InChI=1S/C25H37N5O2/c1-2-26-25(28-19-23(24-10-7-15-32-24)30-11-5-6-12-30)27-18-21-8-3-4-9-22(21)20-29-13-16-31-17-14-29/h3-4,7-10,15,23H,2,5-6,11-14,16-20H2,1H3,(H2,26,27,28). The molecular formula is C25H37N5O2. The van der Waals surface area contributed by atoms with Gasteiger partial charge < -0.3 is 19.8 Å². The highest BCUT2D eigenvalue weighted by Crippen LogP contribution is 2.24. The number of nitrogens with one attached hydrogen (secondary N) is 2. The number of nitrogens with zero attached hydrogens (tertiary/aromatic N) is 3. The van der Waals surface area contributed by atoms with E-state index in [1.807, 2.05) is 6.07 Å². The zero-order valence-electron chi connectivity index (χ0n) is 19.3. The Morgan fingerprint density at radius 3 is 2.50 bits per heavy atom. The molecule has 1 aromatic carbocycles. The molecule has 2 aromatic rings. The average molecular weight is 440 g/mol. The predicted molar refractivity (Wildman–Crippen MR) is 128 cm³/mol. The fraction of sp³-hybridized carbons (Fsp3) is 0.560. The topological polar surface area (TPSA) is 65.3 Å². The lowest BCUT2D eigenvalue weighted by Gasteiger charge is -2.27. The predicted octanol–water partition coefficient (Wildman–Crippen LogP) is 3.00. The van der Waals surface area contributed by atoms with Crippen molar-refractivity contribution in [1.29, 1.82) is 0 Å². The molecule has 3 heterocycles. The molecule has 32 heavy (non-hydrogen) atoms. The van der Waals surface area contributed by atoms with Crippen molar-refractivity contribution in [3.05, 3.63) is 59.5 Å². The van der Waals surface area contributed by atoms with Gasteiger partial charge in [-0.25, -0.2) is 4.99 Å². The van der Waals surface area contributed by atoms with Crippen LogP contribution in [0.25, 0.3) is 0 Å². The Balaban J connectivity index is 1.40. The third kappa shape index (κ3) is 6.34. The second kappa shape index (κ2) is 12.0. The van der Waals surface area contributed by atoms with Gasteiger partial charge in [-0.3, -0.25) is 9.80 Å². The lowest BCUT2D eigenvalue weighted by molar-refractivity contribution is 0.0341. The van der Waals surface area contributed by atoms with Gasteiger partial charge in [0.2, 0.25) is 0 Å². The summed E-state index contributed by atoms with van der Waals surface area (Å²) in [7, 11) is 0. The van der Waals surface area contributed by atoms with Crippen molar-refractivity contribution in [2.24, 2.45) is 4.99 Å². The quantitative estimate of drug-likeness (QED) is 0.463. The summed E-state index contributed by atoms with van der Waals surface area (Å²) in [6, 6.07) is 12.9. The molecule has 0 aliphatic carbocycles. The van der Waals surface area contributed by atoms with Crippen LogP contribution in [0.5, 0.6) is 0 Å². The molecule has 1 unspecified atom stereocenters. The molecule has 1 atom stereocenters. The molecule has 0 spiro atoms. The summed E-state index contributed by atoms with van der Waals surface area (Å²) in [6.45, 7) is 11.2.